The number of aromatic hydroxyl groups is 1. The van der Waals surface area contributed by atoms with Crippen molar-refractivity contribution >= 4 is 0 Å². The third-order valence-corrected chi connectivity index (χ3v) is 3.89. The summed E-state index contributed by atoms with van der Waals surface area (Å²) in [5, 5.41) is 9.41. The molecule has 0 aliphatic rings. The predicted molar refractivity (Wildman–Crippen MR) is 97.3 cm³/mol. The maximum atomic E-state index is 9.41. The van der Waals surface area contributed by atoms with Gasteiger partial charge in [-0.3, -0.25) is 0 Å². The largest absolute Gasteiger partial charge is 0.508 e. The molecule has 0 saturated heterocycles. The van der Waals surface area contributed by atoms with E-state index in [0.717, 1.165) is 6.42 Å². The quantitative estimate of drug-likeness (QED) is 0.341. The zero-order chi connectivity index (χ0) is 15.9. The molecule has 0 aromatic heterocycles. The number of hydrogen-bond donors (Lipinski definition) is 1. The molecule has 1 rings (SSSR count). The van der Waals surface area contributed by atoms with E-state index in [0.29, 0.717) is 5.75 Å². The minimum atomic E-state index is 0.384. The summed E-state index contributed by atoms with van der Waals surface area (Å²) in [4.78, 5) is 0. The molecule has 22 heavy (non-hydrogen) atoms. The van der Waals surface area contributed by atoms with Gasteiger partial charge in [-0.05, 0) is 69.6 Å². The zero-order valence-corrected chi connectivity index (χ0v) is 14.1. The summed E-state index contributed by atoms with van der Waals surface area (Å²) < 4.78 is 0. The fourth-order valence-corrected chi connectivity index (χ4v) is 2.59. The maximum Gasteiger partial charge on any atom is 0.115 e. The Labute approximate surface area is 136 Å². The van der Waals surface area contributed by atoms with E-state index in [9.17, 15) is 5.11 Å². The Morgan fingerprint density at radius 3 is 2.27 bits per heavy atom. The maximum absolute atomic E-state index is 9.41. The highest BCUT2D eigenvalue weighted by atomic mass is 16.3. The summed E-state index contributed by atoms with van der Waals surface area (Å²) in [6.07, 6.45) is 21.6. The lowest BCUT2D eigenvalue weighted by atomic mass is 10.0. The Kier molecular flexibility index (Phi) is 11.1. The van der Waals surface area contributed by atoms with Crippen LogP contribution in [0.3, 0.4) is 0 Å². The van der Waals surface area contributed by atoms with Gasteiger partial charge in [0.2, 0.25) is 0 Å². The summed E-state index contributed by atoms with van der Waals surface area (Å²) in [5.74, 6) is 0.384. The second-order valence-corrected chi connectivity index (χ2v) is 5.95. The smallest absolute Gasteiger partial charge is 0.115 e. The Bertz CT molecular complexity index is 431. The van der Waals surface area contributed by atoms with Crippen molar-refractivity contribution < 1.29 is 5.11 Å². The van der Waals surface area contributed by atoms with Gasteiger partial charge in [-0.25, -0.2) is 0 Å². The van der Waals surface area contributed by atoms with Gasteiger partial charge < -0.3 is 5.11 Å². The molecule has 0 fully saturated rings. The minimum absolute atomic E-state index is 0.384. The van der Waals surface area contributed by atoms with Crippen LogP contribution in [0.1, 0.15) is 70.3 Å². The number of unbranched alkanes of at least 4 members (excludes halogenated alkanes) is 7. The summed E-state index contributed by atoms with van der Waals surface area (Å²) in [6.45, 7) is 2.08. The van der Waals surface area contributed by atoms with E-state index in [1.54, 1.807) is 6.07 Å². The van der Waals surface area contributed by atoms with Gasteiger partial charge in [0, 0.05) is 0 Å². The van der Waals surface area contributed by atoms with Gasteiger partial charge in [0.15, 0.2) is 0 Å². The van der Waals surface area contributed by atoms with Crippen molar-refractivity contribution in [2.75, 3.05) is 0 Å². The Hall–Kier alpha value is -1.50. The molecule has 0 aliphatic heterocycles. The van der Waals surface area contributed by atoms with E-state index < -0.39 is 0 Å². The fourth-order valence-electron chi connectivity index (χ4n) is 2.59. The molecule has 1 aromatic rings. The zero-order valence-electron chi connectivity index (χ0n) is 14.1. The first-order chi connectivity index (χ1) is 10.8. The van der Waals surface area contributed by atoms with Crippen LogP contribution in [0.4, 0.5) is 0 Å². The second kappa shape index (κ2) is 13.2. The van der Waals surface area contributed by atoms with Crippen LogP contribution < -0.4 is 0 Å². The summed E-state index contributed by atoms with van der Waals surface area (Å²) >= 11 is 0. The van der Waals surface area contributed by atoms with Crippen LogP contribution in [0.15, 0.2) is 48.6 Å². The lowest BCUT2D eigenvalue weighted by molar-refractivity contribution is 0.474. The van der Waals surface area contributed by atoms with E-state index in [1.165, 1.54) is 63.4 Å². The molecule has 0 bridgehead atoms. The van der Waals surface area contributed by atoms with Crippen LogP contribution in [-0.2, 0) is 6.42 Å². The molecular weight excluding hydrogens is 268 g/mol. The summed E-state index contributed by atoms with van der Waals surface area (Å²) in [7, 11) is 0. The molecule has 122 valence electrons. The van der Waals surface area contributed by atoms with Gasteiger partial charge in [0.25, 0.3) is 0 Å². The number of allylic oxidation sites excluding steroid dienone is 4. The van der Waals surface area contributed by atoms with E-state index in [4.69, 9.17) is 0 Å². The van der Waals surface area contributed by atoms with Gasteiger partial charge in [-0.15, -0.1) is 0 Å². The Morgan fingerprint density at radius 2 is 1.50 bits per heavy atom. The fraction of sp³-hybridized carbons (Fsp3) is 0.524. The number of benzene rings is 1. The first-order valence-electron chi connectivity index (χ1n) is 8.87. The predicted octanol–water partition coefficient (Wildman–Crippen LogP) is 6.58. The molecule has 0 spiro atoms. The normalized spacial score (nSPS) is 11.7. The van der Waals surface area contributed by atoms with Crippen molar-refractivity contribution in [1.82, 2.24) is 0 Å². The van der Waals surface area contributed by atoms with Crippen LogP contribution in [0, 0.1) is 0 Å². The molecule has 0 radical (unpaired) electrons. The molecule has 1 N–H and O–H groups in total. The van der Waals surface area contributed by atoms with Gasteiger partial charge in [0.05, 0.1) is 0 Å². The van der Waals surface area contributed by atoms with Crippen LogP contribution in [0.2, 0.25) is 0 Å². The number of hydrogen-bond acceptors (Lipinski definition) is 1. The Morgan fingerprint density at radius 1 is 0.818 bits per heavy atom. The topological polar surface area (TPSA) is 20.2 Å². The lowest BCUT2D eigenvalue weighted by Crippen LogP contribution is -1.86. The number of aryl methyl sites for hydroxylation is 1. The average molecular weight is 300 g/mol. The van der Waals surface area contributed by atoms with Crippen LogP contribution >= 0.6 is 0 Å². The molecule has 1 heteroatoms. The lowest BCUT2D eigenvalue weighted by Gasteiger charge is -2.02. The highest BCUT2D eigenvalue weighted by Gasteiger charge is 1.95. The van der Waals surface area contributed by atoms with Gasteiger partial charge in [-0.2, -0.15) is 0 Å². The molecule has 0 unspecified atom stereocenters. The molecule has 0 aliphatic carbocycles. The monoisotopic (exact) mass is 300 g/mol. The van der Waals surface area contributed by atoms with Gasteiger partial charge in [-0.1, -0.05) is 55.7 Å². The SMILES string of the molecule is C/C=C/CCC/C=C/CCCCCCCc1cccc(O)c1. The van der Waals surface area contributed by atoms with E-state index in [2.05, 4.69) is 37.3 Å². The number of phenols is 1. The first-order valence-corrected chi connectivity index (χ1v) is 8.87. The first kappa shape index (κ1) is 18.5. The van der Waals surface area contributed by atoms with Crippen molar-refractivity contribution in [1.29, 1.82) is 0 Å². The molecule has 0 heterocycles. The van der Waals surface area contributed by atoms with Gasteiger partial charge >= 0.3 is 0 Å². The van der Waals surface area contributed by atoms with E-state index in [1.807, 2.05) is 12.1 Å². The van der Waals surface area contributed by atoms with Crippen LogP contribution in [0.25, 0.3) is 0 Å². The molecular formula is C21H32O. The molecule has 1 aromatic carbocycles. The third-order valence-electron chi connectivity index (χ3n) is 3.89. The van der Waals surface area contributed by atoms with Crippen LogP contribution in [0.5, 0.6) is 5.75 Å². The highest BCUT2D eigenvalue weighted by Crippen LogP contribution is 2.14. The van der Waals surface area contributed by atoms with Crippen molar-refractivity contribution in [2.24, 2.45) is 0 Å². The molecule has 1 nitrogen and oxygen atoms in total. The number of rotatable bonds is 12. The average Bonchev–Trinajstić information content (AvgIpc) is 2.52. The summed E-state index contributed by atoms with van der Waals surface area (Å²) in [5.41, 5.74) is 1.25. The minimum Gasteiger partial charge on any atom is -0.508 e. The van der Waals surface area contributed by atoms with E-state index in [-0.39, 0.29) is 0 Å². The van der Waals surface area contributed by atoms with Crippen molar-refractivity contribution in [2.45, 2.75) is 71.1 Å². The standard InChI is InChI=1S/C21H32O/c1-2-3-4-5-6-7-8-9-10-11-12-13-14-16-20-17-15-18-21(22)19-20/h2-3,7-8,15,17-19,22H,4-6,9-14,16H2,1H3/b3-2+,8-7+. The van der Waals surface area contributed by atoms with Crippen molar-refractivity contribution in [3.8, 4) is 5.75 Å². The van der Waals surface area contributed by atoms with Gasteiger partial charge in [0.1, 0.15) is 5.75 Å². The molecule has 0 amide bonds. The summed E-state index contributed by atoms with van der Waals surface area (Å²) in [6, 6.07) is 7.63. The Balaban J connectivity index is 1.88. The third kappa shape index (κ3) is 10.3. The molecule has 0 atom stereocenters. The van der Waals surface area contributed by atoms with Crippen molar-refractivity contribution in [3.05, 3.63) is 54.1 Å². The van der Waals surface area contributed by atoms with Crippen LogP contribution in [-0.4, -0.2) is 5.11 Å². The van der Waals surface area contributed by atoms with Crippen molar-refractivity contribution in [3.63, 3.8) is 0 Å². The second-order valence-electron chi connectivity index (χ2n) is 5.95. The van der Waals surface area contributed by atoms with E-state index >= 15 is 0 Å². The highest BCUT2D eigenvalue weighted by molar-refractivity contribution is 5.27. The number of phenolic OH excluding ortho intramolecular Hbond substituents is 1. The molecule has 0 saturated carbocycles.